The number of aliphatic carboxylic acids is 1. The second kappa shape index (κ2) is 6.37. The predicted octanol–water partition coefficient (Wildman–Crippen LogP) is 3.15. The van der Waals surface area contributed by atoms with Crippen LogP contribution in [0.2, 0.25) is 5.02 Å². The Hall–Kier alpha value is -1.05. The van der Waals surface area contributed by atoms with Gasteiger partial charge in [0.2, 0.25) is 0 Å². The normalized spacial score (nSPS) is 15.5. The average molecular weight is 340 g/mol. The summed E-state index contributed by atoms with van der Waals surface area (Å²) in [6, 6.07) is 3.35. The van der Waals surface area contributed by atoms with Gasteiger partial charge < -0.3 is 5.11 Å². The second-order valence-corrected chi connectivity index (χ2v) is 7.85. The third-order valence-electron chi connectivity index (χ3n) is 2.63. The van der Waals surface area contributed by atoms with E-state index in [-0.39, 0.29) is 5.56 Å². The number of halogens is 3. The lowest BCUT2D eigenvalue weighted by Gasteiger charge is -2.28. The molecule has 2 atom stereocenters. The van der Waals surface area contributed by atoms with Gasteiger partial charge in [-0.25, -0.2) is 13.7 Å². The number of carboxylic acid groups (broad SMARTS) is 1. The van der Waals surface area contributed by atoms with Crippen LogP contribution in [0, 0.1) is 0 Å². The molecule has 0 spiro atoms. The van der Waals surface area contributed by atoms with Gasteiger partial charge in [0.25, 0.3) is 0 Å². The number of nitrogens with one attached hydrogen (secondary N) is 1. The highest BCUT2D eigenvalue weighted by Crippen LogP contribution is 2.33. The molecule has 0 amide bonds. The van der Waals surface area contributed by atoms with Crippen LogP contribution in [0.1, 0.15) is 32.4 Å². The van der Waals surface area contributed by atoms with Crippen LogP contribution in [0.25, 0.3) is 0 Å². The number of rotatable bonds is 5. The second-order valence-electron chi connectivity index (χ2n) is 5.41. The van der Waals surface area contributed by atoms with E-state index in [2.05, 4.69) is 4.72 Å². The first-order valence-electron chi connectivity index (χ1n) is 6.01. The van der Waals surface area contributed by atoms with Gasteiger partial charge in [0, 0.05) is 5.02 Å². The molecule has 0 aliphatic rings. The quantitative estimate of drug-likeness (QED) is 0.866. The molecule has 1 rings (SSSR count). The Morgan fingerprint density at radius 1 is 1.29 bits per heavy atom. The van der Waals surface area contributed by atoms with E-state index in [4.69, 9.17) is 16.7 Å². The van der Waals surface area contributed by atoms with Crippen LogP contribution in [0.15, 0.2) is 24.3 Å². The summed E-state index contributed by atoms with van der Waals surface area (Å²) in [5.41, 5.74) is -0.00981. The number of hydrogen-bond acceptors (Lipinski definition) is 2. The van der Waals surface area contributed by atoms with Crippen molar-refractivity contribution in [3.05, 3.63) is 34.9 Å². The molecule has 21 heavy (non-hydrogen) atoms. The minimum atomic E-state index is -4.12. The molecule has 0 aliphatic carbocycles. The van der Waals surface area contributed by atoms with Gasteiger partial charge in [-0.15, -0.1) is 0 Å². The highest BCUT2D eigenvalue weighted by Gasteiger charge is 2.49. The van der Waals surface area contributed by atoms with E-state index in [9.17, 15) is 17.8 Å². The third kappa shape index (κ3) is 4.46. The molecule has 0 aromatic heterocycles. The Labute approximate surface area is 129 Å². The summed E-state index contributed by atoms with van der Waals surface area (Å²) in [5.74, 6) is -6.41. The third-order valence-corrected chi connectivity index (χ3v) is 4.45. The summed E-state index contributed by atoms with van der Waals surface area (Å²) in [7, 11) is -1.86. The Bertz CT molecular complexity index is 543. The van der Waals surface area contributed by atoms with Gasteiger partial charge >= 0.3 is 11.9 Å². The molecule has 8 heteroatoms. The van der Waals surface area contributed by atoms with Gasteiger partial charge in [0.15, 0.2) is 0 Å². The maximum absolute atomic E-state index is 13.9. The molecule has 0 bridgehead atoms. The van der Waals surface area contributed by atoms with Crippen molar-refractivity contribution in [2.45, 2.75) is 37.5 Å². The molecule has 1 unspecified atom stereocenters. The van der Waals surface area contributed by atoms with Crippen molar-refractivity contribution < 1.29 is 22.9 Å². The minimum absolute atomic E-state index is 0.00981. The van der Waals surface area contributed by atoms with Gasteiger partial charge in [-0.1, -0.05) is 23.7 Å². The lowest BCUT2D eigenvalue weighted by Crippen LogP contribution is -2.47. The van der Waals surface area contributed by atoms with E-state index in [0.717, 1.165) is 0 Å². The molecule has 0 aliphatic heterocycles. The molecule has 118 valence electrons. The highest BCUT2D eigenvalue weighted by molar-refractivity contribution is 7.84. The first-order valence-corrected chi connectivity index (χ1v) is 7.53. The first kappa shape index (κ1) is 18.0. The fourth-order valence-electron chi connectivity index (χ4n) is 1.41. The molecule has 0 saturated heterocycles. The molecule has 2 N–H and O–H groups in total. The SMILES string of the molecule is CC(C)(C)S(=O)N[C@@H](c1ccc(Cl)cc1)C(F)(F)C(=O)O. The number of carboxylic acids is 1. The summed E-state index contributed by atoms with van der Waals surface area (Å²) in [5, 5.41) is 9.06. The van der Waals surface area contributed by atoms with Gasteiger partial charge in [0.1, 0.15) is 6.04 Å². The largest absolute Gasteiger partial charge is 0.477 e. The van der Waals surface area contributed by atoms with Crippen molar-refractivity contribution in [1.82, 2.24) is 4.72 Å². The monoisotopic (exact) mass is 339 g/mol. The van der Waals surface area contributed by atoms with Crippen molar-refractivity contribution >= 4 is 28.6 Å². The van der Waals surface area contributed by atoms with Crippen molar-refractivity contribution in [3.63, 3.8) is 0 Å². The number of benzene rings is 1. The highest BCUT2D eigenvalue weighted by atomic mass is 35.5. The van der Waals surface area contributed by atoms with Gasteiger partial charge in [-0.05, 0) is 38.5 Å². The molecule has 4 nitrogen and oxygen atoms in total. The number of carbonyl (C=O) groups is 1. The van der Waals surface area contributed by atoms with Crippen LogP contribution in [0.4, 0.5) is 8.78 Å². The average Bonchev–Trinajstić information content (AvgIpc) is 2.35. The van der Waals surface area contributed by atoms with Crippen molar-refractivity contribution in [3.8, 4) is 0 Å². The lowest BCUT2D eigenvalue weighted by atomic mass is 10.0. The molecule has 0 fully saturated rings. The van der Waals surface area contributed by atoms with E-state index in [1.165, 1.54) is 24.3 Å². The van der Waals surface area contributed by atoms with Gasteiger partial charge in [-0.3, -0.25) is 0 Å². The molecule has 0 saturated carbocycles. The molecule has 0 radical (unpaired) electrons. The van der Waals surface area contributed by atoms with Crippen molar-refractivity contribution in [2.75, 3.05) is 0 Å². The van der Waals surface area contributed by atoms with Crippen LogP contribution in [-0.4, -0.2) is 26.0 Å². The van der Waals surface area contributed by atoms with Crippen LogP contribution >= 0.6 is 11.6 Å². The Morgan fingerprint density at radius 2 is 1.76 bits per heavy atom. The summed E-state index contributed by atoms with van der Waals surface area (Å²) in [6.45, 7) is 4.77. The first-order chi connectivity index (χ1) is 9.46. The minimum Gasteiger partial charge on any atom is -0.477 e. The van der Waals surface area contributed by atoms with Crippen molar-refractivity contribution in [1.29, 1.82) is 0 Å². The Kier molecular flexibility index (Phi) is 5.46. The fraction of sp³-hybridized carbons (Fsp3) is 0.462. The van der Waals surface area contributed by atoms with Crippen LogP contribution < -0.4 is 4.72 Å². The summed E-state index contributed by atoms with van der Waals surface area (Å²) < 4.78 is 41.3. The zero-order chi connectivity index (χ0) is 16.4. The number of hydrogen-bond donors (Lipinski definition) is 2. The fourth-order valence-corrected chi connectivity index (χ4v) is 2.39. The Balaban J connectivity index is 3.21. The molecular weight excluding hydrogens is 324 g/mol. The summed E-state index contributed by atoms with van der Waals surface area (Å²) >= 11 is 5.69. The van der Waals surface area contributed by atoms with E-state index >= 15 is 0 Å². The van der Waals surface area contributed by atoms with Gasteiger partial charge in [-0.2, -0.15) is 8.78 Å². The van der Waals surface area contributed by atoms with Crippen LogP contribution in [0.5, 0.6) is 0 Å². The summed E-state index contributed by atoms with van der Waals surface area (Å²) in [6.07, 6.45) is 0. The van der Waals surface area contributed by atoms with Crippen LogP contribution in [0.3, 0.4) is 0 Å². The van der Waals surface area contributed by atoms with E-state index in [0.29, 0.717) is 5.02 Å². The predicted molar refractivity (Wildman–Crippen MR) is 77.8 cm³/mol. The molecular formula is C13H16ClF2NO3S. The zero-order valence-electron chi connectivity index (χ0n) is 11.7. The van der Waals surface area contributed by atoms with Crippen LogP contribution in [-0.2, 0) is 15.8 Å². The zero-order valence-corrected chi connectivity index (χ0v) is 13.3. The molecule has 0 heterocycles. The van der Waals surface area contributed by atoms with Crippen molar-refractivity contribution in [2.24, 2.45) is 0 Å². The molecule has 1 aromatic rings. The molecule has 1 aromatic carbocycles. The lowest BCUT2D eigenvalue weighted by molar-refractivity contribution is -0.168. The van der Waals surface area contributed by atoms with E-state index in [1.807, 2.05) is 0 Å². The van der Waals surface area contributed by atoms with Gasteiger partial charge in [0.05, 0.1) is 15.7 Å². The summed E-state index contributed by atoms with van der Waals surface area (Å²) in [4.78, 5) is 10.8. The standard InChI is InChI=1S/C13H16ClF2NO3S/c1-12(2,3)21(20)17-10(13(15,16)11(18)19)8-4-6-9(14)7-5-8/h4-7,10,17H,1-3H3,(H,18,19)/t10-,21?/m0/s1. The maximum atomic E-state index is 13.9. The maximum Gasteiger partial charge on any atom is 0.376 e. The van der Waals surface area contributed by atoms with E-state index < -0.39 is 33.7 Å². The smallest absolute Gasteiger partial charge is 0.376 e. The van der Waals surface area contributed by atoms with E-state index in [1.54, 1.807) is 20.8 Å². The Morgan fingerprint density at radius 3 is 2.14 bits per heavy atom. The number of alkyl halides is 2. The topological polar surface area (TPSA) is 66.4 Å².